The molecule has 4 nitrogen and oxygen atoms in total. The number of benzene rings is 1. The Balaban J connectivity index is 1.97. The van der Waals surface area contributed by atoms with Gasteiger partial charge in [-0.05, 0) is 38.3 Å². The number of para-hydroxylation sites is 1. The minimum Gasteiger partial charge on any atom is -0.398 e. The Morgan fingerprint density at radius 2 is 2.11 bits per heavy atom. The van der Waals surface area contributed by atoms with Crippen molar-refractivity contribution >= 4 is 11.6 Å². The van der Waals surface area contributed by atoms with Crippen molar-refractivity contribution in [2.75, 3.05) is 12.3 Å². The van der Waals surface area contributed by atoms with E-state index in [1.54, 1.807) is 0 Å². The van der Waals surface area contributed by atoms with Crippen molar-refractivity contribution in [2.45, 2.75) is 45.3 Å². The van der Waals surface area contributed by atoms with Crippen molar-refractivity contribution < 1.29 is 4.79 Å². The van der Waals surface area contributed by atoms with Crippen LogP contribution in [0.1, 0.15) is 32.3 Å². The topological polar surface area (TPSA) is 58.4 Å². The Bertz CT molecular complexity index is 441. The number of nitrogen functional groups attached to an aromatic ring is 1. The number of rotatable bonds is 6. The highest BCUT2D eigenvalue weighted by Gasteiger charge is 2.30. The van der Waals surface area contributed by atoms with Crippen LogP contribution >= 0.6 is 0 Å². The first-order valence-electron chi connectivity index (χ1n) is 6.93. The van der Waals surface area contributed by atoms with Crippen molar-refractivity contribution in [1.82, 2.24) is 10.2 Å². The minimum atomic E-state index is 0.0939. The summed E-state index contributed by atoms with van der Waals surface area (Å²) < 4.78 is 0. The van der Waals surface area contributed by atoms with Gasteiger partial charge in [-0.15, -0.1) is 0 Å². The van der Waals surface area contributed by atoms with E-state index in [-0.39, 0.29) is 11.9 Å². The molecule has 19 heavy (non-hydrogen) atoms. The lowest BCUT2D eigenvalue weighted by Crippen LogP contribution is -2.40. The minimum absolute atomic E-state index is 0.0939. The van der Waals surface area contributed by atoms with Crippen molar-refractivity contribution in [3.63, 3.8) is 0 Å². The van der Waals surface area contributed by atoms with Crippen LogP contribution in [0.2, 0.25) is 0 Å². The summed E-state index contributed by atoms with van der Waals surface area (Å²) in [5, 5.41) is 2.94. The molecule has 1 fully saturated rings. The molecule has 0 radical (unpaired) electrons. The molecule has 0 unspecified atom stereocenters. The fraction of sp³-hybridized carbons (Fsp3) is 0.533. The molecule has 2 rings (SSSR count). The van der Waals surface area contributed by atoms with Crippen LogP contribution < -0.4 is 11.1 Å². The molecule has 0 bridgehead atoms. The van der Waals surface area contributed by atoms with E-state index < -0.39 is 0 Å². The van der Waals surface area contributed by atoms with Crippen molar-refractivity contribution in [1.29, 1.82) is 0 Å². The number of hydrogen-bond acceptors (Lipinski definition) is 3. The molecule has 1 aromatic carbocycles. The average Bonchev–Trinajstić information content (AvgIpc) is 3.14. The normalized spacial score (nSPS) is 14.9. The van der Waals surface area contributed by atoms with Crippen LogP contribution in [0.5, 0.6) is 0 Å². The summed E-state index contributed by atoms with van der Waals surface area (Å²) >= 11 is 0. The number of carbonyl (C=O) groups excluding carboxylic acids is 1. The SMILES string of the molecule is CC(C)NC(=O)CN(Cc1ccccc1N)C1CC1. The molecular formula is C15H23N3O. The maximum atomic E-state index is 11.9. The highest BCUT2D eigenvalue weighted by Crippen LogP contribution is 2.28. The Kier molecular flexibility index (Phi) is 4.43. The zero-order valence-corrected chi connectivity index (χ0v) is 11.7. The summed E-state index contributed by atoms with van der Waals surface area (Å²) in [4.78, 5) is 14.1. The van der Waals surface area contributed by atoms with Gasteiger partial charge in [-0.3, -0.25) is 9.69 Å². The molecule has 3 N–H and O–H groups in total. The number of amides is 1. The smallest absolute Gasteiger partial charge is 0.234 e. The van der Waals surface area contributed by atoms with E-state index in [1.165, 1.54) is 12.8 Å². The highest BCUT2D eigenvalue weighted by atomic mass is 16.2. The van der Waals surface area contributed by atoms with Crippen LogP contribution in [-0.2, 0) is 11.3 Å². The van der Waals surface area contributed by atoms with E-state index in [0.29, 0.717) is 12.6 Å². The van der Waals surface area contributed by atoms with Gasteiger partial charge in [0.25, 0.3) is 0 Å². The van der Waals surface area contributed by atoms with E-state index in [2.05, 4.69) is 10.2 Å². The van der Waals surface area contributed by atoms with Gasteiger partial charge in [-0.1, -0.05) is 18.2 Å². The van der Waals surface area contributed by atoms with Crippen molar-refractivity contribution in [2.24, 2.45) is 0 Å². The van der Waals surface area contributed by atoms with Gasteiger partial charge >= 0.3 is 0 Å². The number of nitrogens with two attached hydrogens (primary N) is 1. The monoisotopic (exact) mass is 261 g/mol. The van der Waals surface area contributed by atoms with Crippen LogP contribution in [0.15, 0.2) is 24.3 Å². The number of anilines is 1. The van der Waals surface area contributed by atoms with Gasteiger partial charge in [0.15, 0.2) is 0 Å². The summed E-state index contributed by atoms with van der Waals surface area (Å²) in [5.74, 6) is 0.0939. The molecule has 0 atom stereocenters. The van der Waals surface area contributed by atoms with Crippen LogP contribution in [-0.4, -0.2) is 29.4 Å². The van der Waals surface area contributed by atoms with Crippen LogP contribution in [0.4, 0.5) is 5.69 Å². The first kappa shape index (κ1) is 13.9. The van der Waals surface area contributed by atoms with Crippen LogP contribution in [0.3, 0.4) is 0 Å². The van der Waals surface area contributed by atoms with E-state index >= 15 is 0 Å². The molecule has 0 heterocycles. The molecule has 0 saturated heterocycles. The van der Waals surface area contributed by atoms with E-state index in [0.717, 1.165) is 17.8 Å². The third-order valence-corrected chi connectivity index (χ3v) is 3.29. The molecule has 0 spiro atoms. The number of carbonyl (C=O) groups is 1. The maximum Gasteiger partial charge on any atom is 0.234 e. The van der Waals surface area contributed by atoms with E-state index in [1.807, 2.05) is 38.1 Å². The molecule has 0 aromatic heterocycles. The third kappa shape index (κ3) is 4.24. The quantitative estimate of drug-likeness (QED) is 0.767. The second kappa shape index (κ2) is 6.06. The van der Waals surface area contributed by atoms with E-state index in [4.69, 9.17) is 5.73 Å². The largest absolute Gasteiger partial charge is 0.398 e. The Morgan fingerprint density at radius 1 is 1.42 bits per heavy atom. The second-order valence-electron chi connectivity index (χ2n) is 5.56. The average molecular weight is 261 g/mol. The first-order chi connectivity index (χ1) is 9.06. The Labute approximate surface area is 115 Å². The molecule has 1 aromatic rings. The zero-order valence-electron chi connectivity index (χ0n) is 11.7. The predicted octanol–water partition coefficient (Wildman–Crippen LogP) is 1.76. The highest BCUT2D eigenvalue weighted by molar-refractivity contribution is 5.78. The van der Waals surface area contributed by atoms with Gasteiger partial charge in [-0.25, -0.2) is 0 Å². The van der Waals surface area contributed by atoms with Gasteiger partial charge in [-0.2, -0.15) is 0 Å². The summed E-state index contributed by atoms with van der Waals surface area (Å²) in [6, 6.07) is 8.60. The van der Waals surface area contributed by atoms with Crippen molar-refractivity contribution in [3.8, 4) is 0 Å². The van der Waals surface area contributed by atoms with Gasteiger partial charge < -0.3 is 11.1 Å². The summed E-state index contributed by atoms with van der Waals surface area (Å²) in [6.07, 6.45) is 2.36. The standard InChI is InChI=1S/C15H23N3O/c1-11(2)17-15(19)10-18(13-7-8-13)9-12-5-3-4-6-14(12)16/h3-6,11,13H,7-10,16H2,1-2H3,(H,17,19). The molecule has 1 aliphatic carbocycles. The summed E-state index contributed by atoms with van der Waals surface area (Å²) in [5.41, 5.74) is 7.88. The lowest BCUT2D eigenvalue weighted by atomic mass is 10.1. The van der Waals surface area contributed by atoms with Gasteiger partial charge in [0.1, 0.15) is 0 Å². The zero-order chi connectivity index (χ0) is 13.8. The fourth-order valence-corrected chi connectivity index (χ4v) is 2.20. The second-order valence-corrected chi connectivity index (χ2v) is 5.56. The number of nitrogens with one attached hydrogen (secondary N) is 1. The molecular weight excluding hydrogens is 238 g/mol. The lowest BCUT2D eigenvalue weighted by molar-refractivity contribution is -0.123. The molecule has 1 amide bonds. The Hall–Kier alpha value is -1.55. The van der Waals surface area contributed by atoms with Gasteiger partial charge in [0.2, 0.25) is 5.91 Å². The fourth-order valence-electron chi connectivity index (χ4n) is 2.20. The van der Waals surface area contributed by atoms with Gasteiger partial charge in [0.05, 0.1) is 6.54 Å². The predicted molar refractivity (Wildman–Crippen MR) is 77.6 cm³/mol. The van der Waals surface area contributed by atoms with E-state index in [9.17, 15) is 4.79 Å². The molecule has 4 heteroatoms. The number of nitrogens with zero attached hydrogens (tertiary/aromatic N) is 1. The third-order valence-electron chi connectivity index (χ3n) is 3.29. The lowest BCUT2D eigenvalue weighted by Gasteiger charge is -2.22. The molecule has 104 valence electrons. The van der Waals surface area contributed by atoms with Crippen LogP contribution in [0.25, 0.3) is 0 Å². The first-order valence-corrected chi connectivity index (χ1v) is 6.93. The van der Waals surface area contributed by atoms with Gasteiger partial charge in [0, 0.05) is 24.3 Å². The maximum absolute atomic E-state index is 11.9. The summed E-state index contributed by atoms with van der Waals surface area (Å²) in [6.45, 7) is 5.17. The van der Waals surface area contributed by atoms with Crippen molar-refractivity contribution in [3.05, 3.63) is 29.8 Å². The molecule has 1 aliphatic rings. The van der Waals surface area contributed by atoms with Crippen LogP contribution in [0, 0.1) is 0 Å². The Morgan fingerprint density at radius 3 is 2.68 bits per heavy atom. The summed E-state index contributed by atoms with van der Waals surface area (Å²) in [7, 11) is 0. The number of hydrogen-bond donors (Lipinski definition) is 2. The molecule has 1 saturated carbocycles. The molecule has 0 aliphatic heterocycles.